The second-order valence-corrected chi connectivity index (χ2v) is 8.68. The van der Waals surface area contributed by atoms with Gasteiger partial charge in [-0.3, -0.25) is 4.79 Å². The van der Waals surface area contributed by atoms with Gasteiger partial charge in [0, 0.05) is 18.2 Å². The summed E-state index contributed by atoms with van der Waals surface area (Å²) in [5.41, 5.74) is 0.494. The predicted octanol–water partition coefficient (Wildman–Crippen LogP) is 1.45. The van der Waals surface area contributed by atoms with Crippen molar-refractivity contribution in [1.29, 1.82) is 0 Å². The normalized spacial score (nSPS) is 21.0. The van der Waals surface area contributed by atoms with Gasteiger partial charge in [-0.25, -0.2) is 4.79 Å². The number of benzene rings is 1. The molecule has 2 aliphatic heterocycles. The molecule has 0 aromatic heterocycles. The van der Waals surface area contributed by atoms with E-state index in [4.69, 9.17) is 4.74 Å². The van der Waals surface area contributed by atoms with Gasteiger partial charge in [-0.2, -0.15) is 8.42 Å². The summed E-state index contributed by atoms with van der Waals surface area (Å²) in [4.78, 5) is 26.3. The highest BCUT2D eigenvalue weighted by Crippen LogP contribution is 2.31. The Balaban J connectivity index is 1.67. The lowest BCUT2D eigenvalue weighted by Gasteiger charge is -2.25. The van der Waals surface area contributed by atoms with Crippen LogP contribution in [-0.2, 0) is 24.3 Å². The Labute approximate surface area is 165 Å². The first-order valence-electron chi connectivity index (χ1n) is 9.50. The number of esters is 1. The van der Waals surface area contributed by atoms with Gasteiger partial charge in [0.05, 0.1) is 0 Å². The molecule has 1 fully saturated rings. The number of ether oxygens (including phenoxy) is 1. The van der Waals surface area contributed by atoms with Crippen LogP contribution in [0.25, 0.3) is 0 Å². The van der Waals surface area contributed by atoms with Gasteiger partial charge < -0.3 is 15.0 Å². The Morgan fingerprint density at radius 3 is 2.86 bits per heavy atom. The first-order valence-corrected chi connectivity index (χ1v) is 10.9. The van der Waals surface area contributed by atoms with Crippen molar-refractivity contribution in [3.63, 3.8) is 0 Å². The third-order valence-electron chi connectivity index (χ3n) is 4.88. The number of amidine groups is 1. The van der Waals surface area contributed by atoms with Crippen LogP contribution >= 0.6 is 0 Å². The molecule has 9 heteroatoms. The van der Waals surface area contributed by atoms with E-state index in [0.29, 0.717) is 24.9 Å². The minimum absolute atomic E-state index is 0.0220. The van der Waals surface area contributed by atoms with Gasteiger partial charge in [-0.1, -0.05) is 25.5 Å². The fourth-order valence-electron chi connectivity index (χ4n) is 3.62. The highest BCUT2D eigenvalue weighted by Gasteiger charge is 2.40. The first-order chi connectivity index (χ1) is 13.3. The summed E-state index contributed by atoms with van der Waals surface area (Å²) in [6.45, 7) is 4.08. The molecule has 1 saturated heterocycles. The molecule has 1 aromatic rings. The Morgan fingerprint density at radius 1 is 1.36 bits per heavy atom. The SMILES string of the molecule is CCC[C@@H](C)NC(=O)COC(=O)[C@@H]1CCCN1C1=NS(=O)(=O)c2ccccc21. The van der Waals surface area contributed by atoms with E-state index in [-0.39, 0.29) is 29.3 Å². The highest BCUT2D eigenvalue weighted by molar-refractivity contribution is 7.90. The minimum atomic E-state index is -3.76. The molecule has 2 aliphatic rings. The number of carbonyl (C=O) groups is 2. The van der Waals surface area contributed by atoms with Crippen LogP contribution in [-0.4, -0.2) is 56.3 Å². The number of nitrogens with zero attached hydrogens (tertiary/aromatic N) is 2. The van der Waals surface area contributed by atoms with Crippen LogP contribution in [0.5, 0.6) is 0 Å². The predicted molar refractivity (Wildman–Crippen MR) is 103 cm³/mol. The van der Waals surface area contributed by atoms with E-state index in [1.54, 1.807) is 23.1 Å². The Kier molecular flexibility index (Phi) is 6.02. The van der Waals surface area contributed by atoms with Gasteiger partial charge in [-0.05, 0) is 38.3 Å². The smallest absolute Gasteiger partial charge is 0.329 e. The quantitative estimate of drug-likeness (QED) is 0.716. The van der Waals surface area contributed by atoms with Crippen molar-refractivity contribution in [3.05, 3.63) is 29.8 Å². The van der Waals surface area contributed by atoms with E-state index in [1.165, 1.54) is 6.07 Å². The average molecular weight is 407 g/mol. The van der Waals surface area contributed by atoms with Crippen LogP contribution in [0.2, 0.25) is 0 Å². The van der Waals surface area contributed by atoms with Crippen LogP contribution in [0.1, 0.15) is 45.1 Å². The van der Waals surface area contributed by atoms with Crippen molar-refractivity contribution >= 4 is 27.7 Å². The van der Waals surface area contributed by atoms with Crippen molar-refractivity contribution in [1.82, 2.24) is 10.2 Å². The van der Waals surface area contributed by atoms with Crippen LogP contribution in [0.4, 0.5) is 0 Å². The number of amides is 1. The second kappa shape index (κ2) is 8.30. The molecule has 152 valence electrons. The number of rotatable bonds is 6. The number of likely N-dealkylation sites (tertiary alicyclic amines) is 1. The van der Waals surface area contributed by atoms with E-state index in [2.05, 4.69) is 9.71 Å². The van der Waals surface area contributed by atoms with Gasteiger partial charge in [0.15, 0.2) is 12.4 Å². The van der Waals surface area contributed by atoms with Gasteiger partial charge in [0.1, 0.15) is 10.9 Å². The molecule has 1 N–H and O–H groups in total. The van der Waals surface area contributed by atoms with Crippen LogP contribution in [0, 0.1) is 0 Å². The largest absolute Gasteiger partial charge is 0.454 e. The lowest BCUT2D eigenvalue weighted by atomic mass is 10.1. The van der Waals surface area contributed by atoms with Crippen molar-refractivity contribution in [2.45, 2.75) is 56.5 Å². The van der Waals surface area contributed by atoms with Crippen molar-refractivity contribution in [2.24, 2.45) is 4.40 Å². The third kappa shape index (κ3) is 4.19. The zero-order valence-corrected chi connectivity index (χ0v) is 16.9. The number of hydrogen-bond donors (Lipinski definition) is 1. The molecule has 1 aromatic carbocycles. The number of sulfonamides is 1. The Hall–Kier alpha value is -2.42. The Morgan fingerprint density at radius 2 is 2.11 bits per heavy atom. The Bertz CT molecular complexity index is 897. The molecule has 2 heterocycles. The fourth-order valence-corrected chi connectivity index (χ4v) is 4.83. The fraction of sp³-hybridized carbons (Fsp3) is 0.526. The monoisotopic (exact) mass is 407 g/mol. The van der Waals surface area contributed by atoms with Gasteiger partial charge in [0.2, 0.25) is 0 Å². The summed E-state index contributed by atoms with van der Waals surface area (Å²) in [5, 5.41) is 2.78. The molecule has 1 amide bonds. The average Bonchev–Trinajstić information content (AvgIpc) is 3.23. The summed E-state index contributed by atoms with van der Waals surface area (Å²) in [7, 11) is -3.76. The van der Waals surface area contributed by atoms with Gasteiger partial charge in [-0.15, -0.1) is 4.40 Å². The summed E-state index contributed by atoms with van der Waals surface area (Å²) in [6.07, 6.45) is 3.03. The van der Waals surface area contributed by atoms with E-state index >= 15 is 0 Å². The summed E-state index contributed by atoms with van der Waals surface area (Å²) >= 11 is 0. The molecule has 0 unspecified atom stereocenters. The maximum atomic E-state index is 12.6. The summed E-state index contributed by atoms with van der Waals surface area (Å²) in [5.74, 6) is -0.610. The molecule has 0 saturated carbocycles. The third-order valence-corrected chi connectivity index (χ3v) is 6.21. The zero-order valence-electron chi connectivity index (χ0n) is 16.1. The molecule has 8 nitrogen and oxygen atoms in total. The lowest BCUT2D eigenvalue weighted by Crippen LogP contribution is -2.43. The number of hydrogen-bond acceptors (Lipinski definition) is 6. The molecular weight excluding hydrogens is 382 g/mol. The standard InChI is InChI=1S/C19H25N3O5S/c1-3-7-13(2)20-17(23)12-27-19(24)15-9-6-11-22(15)18-14-8-4-5-10-16(14)28(25,26)21-18/h4-5,8,10,13,15H,3,6-7,9,11-12H2,1-2H3,(H,20,23)/t13-,15+/m1/s1. The van der Waals surface area contributed by atoms with Crippen molar-refractivity contribution in [2.75, 3.05) is 13.2 Å². The van der Waals surface area contributed by atoms with Gasteiger partial charge >= 0.3 is 5.97 Å². The lowest BCUT2D eigenvalue weighted by molar-refractivity contribution is -0.152. The topological polar surface area (TPSA) is 105 Å². The molecule has 0 aliphatic carbocycles. The van der Waals surface area contributed by atoms with Gasteiger partial charge in [0.25, 0.3) is 15.9 Å². The number of fused-ring (bicyclic) bond motifs is 1. The van der Waals surface area contributed by atoms with E-state index in [0.717, 1.165) is 12.8 Å². The van der Waals surface area contributed by atoms with E-state index < -0.39 is 22.0 Å². The molecule has 0 radical (unpaired) electrons. The van der Waals surface area contributed by atoms with E-state index in [1.807, 2.05) is 13.8 Å². The maximum Gasteiger partial charge on any atom is 0.329 e. The minimum Gasteiger partial charge on any atom is -0.454 e. The highest BCUT2D eigenvalue weighted by atomic mass is 32.2. The van der Waals surface area contributed by atoms with E-state index in [9.17, 15) is 18.0 Å². The molecule has 28 heavy (non-hydrogen) atoms. The number of carbonyl (C=O) groups excluding carboxylic acids is 2. The van der Waals surface area contributed by atoms with Crippen molar-refractivity contribution < 1.29 is 22.7 Å². The van der Waals surface area contributed by atoms with Crippen LogP contribution in [0.3, 0.4) is 0 Å². The van der Waals surface area contributed by atoms with Crippen molar-refractivity contribution in [3.8, 4) is 0 Å². The summed E-state index contributed by atoms with van der Waals surface area (Å²) in [6, 6.07) is 5.94. The molecular formula is C19H25N3O5S. The zero-order chi connectivity index (χ0) is 20.3. The molecule has 0 spiro atoms. The second-order valence-electron chi connectivity index (χ2n) is 7.10. The summed E-state index contributed by atoms with van der Waals surface area (Å²) < 4.78 is 33.7. The first kappa shape index (κ1) is 20.3. The van der Waals surface area contributed by atoms with Crippen LogP contribution < -0.4 is 5.32 Å². The maximum absolute atomic E-state index is 12.6. The molecule has 0 bridgehead atoms. The number of nitrogens with one attached hydrogen (secondary N) is 1. The molecule has 3 rings (SSSR count). The molecule has 2 atom stereocenters. The van der Waals surface area contributed by atoms with Crippen LogP contribution in [0.15, 0.2) is 33.6 Å².